The number of halogens is 1. The fourth-order valence-corrected chi connectivity index (χ4v) is 3.45. The predicted molar refractivity (Wildman–Crippen MR) is 116 cm³/mol. The van der Waals surface area contributed by atoms with Crippen molar-refractivity contribution in [3.8, 4) is 11.5 Å². The van der Waals surface area contributed by atoms with Gasteiger partial charge < -0.3 is 20.7 Å². The van der Waals surface area contributed by atoms with Crippen LogP contribution >= 0.6 is 11.8 Å². The fraction of sp³-hybridized carbons (Fsp3) is 0.105. The van der Waals surface area contributed by atoms with E-state index < -0.39 is 15.9 Å². The summed E-state index contributed by atoms with van der Waals surface area (Å²) in [6, 6.07) is 13.4. The molecule has 0 fully saturated rings. The quantitative estimate of drug-likeness (QED) is 0.430. The van der Waals surface area contributed by atoms with Crippen LogP contribution < -0.4 is 15.8 Å². The minimum absolute atomic E-state index is 0. The van der Waals surface area contributed by atoms with Crippen molar-refractivity contribution >= 4 is 44.6 Å². The van der Waals surface area contributed by atoms with Gasteiger partial charge in [-0.2, -0.15) is 0 Å². The van der Waals surface area contributed by atoms with Gasteiger partial charge in [-0.3, -0.25) is 10.3 Å². The molecular weight excluding hydrogens is 448 g/mol. The number of benzene rings is 2. The molecule has 3 aromatic rings. The Bertz CT molecular complexity index is 1230. The Hall–Kier alpha value is -3.41. The third-order valence-corrected chi connectivity index (χ3v) is 5.20. The van der Waals surface area contributed by atoms with Crippen LogP contribution in [0, 0.1) is 0 Å². The molecule has 0 saturated carbocycles. The zero-order chi connectivity index (χ0) is 21.7. The van der Waals surface area contributed by atoms with E-state index >= 15 is 0 Å². The molecule has 0 aliphatic carbocycles. The summed E-state index contributed by atoms with van der Waals surface area (Å²) in [5.74, 6) is 0.278. The summed E-state index contributed by atoms with van der Waals surface area (Å²) in [4.78, 5) is 15.8. The molecule has 1 heterocycles. The standard InChI is InChI=1S/C19H17ClN4O5S.H2O/c1-30(26,27)17-9-12(11-28-19(25)23-18(21)24-20)4-7-16(17)29-14-5-6-15-13(10-14)3-2-8-22-15;/h2-10H,11H2,1H3,(H3,21,23,24,25);1H2. The number of aromatic nitrogens is 1. The minimum Gasteiger partial charge on any atom is -0.456 e. The van der Waals surface area contributed by atoms with Crippen LogP contribution in [0.4, 0.5) is 4.79 Å². The van der Waals surface area contributed by atoms with Gasteiger partial charge in [0.25, 0.3) is 0 Å². The number of fused-ring (bicyclic) bond motifs is 1. The maximum atomic E-state index is 12.3. The number of amides is 1. The number of nitrogens with one attached hydrogen (secondary N) is 1. The smallest absolute Gasteiger partial charge is 0.414 e. The van der Waals surface area contributed by atoms with E-state index in [1.54, 1.807) is 36.5 Å². The van der Waals surface area contributed by atoms with Crippen molar-refractivity contribution in [3.05, 3.63) is 60.3 Å². The first-order valence-corrected chi connectivity index (χ1v) is 10.7. The molecule has 0 unspecified atom stereocenters. The number of nitrogens with two attached hydrogens (primary N) is 1. The molecule has 0 bridgehead atoms. The second kappa shape index (κ2) is 10.1. The summed E-state index contributed by atoms with van der Waals surface area (Å²) in [6.45, 7) is -0.203. The zero-order valence-electron chi connectivity index (χ0n) is 16.2. The Morgan fingerprint density at radius 3 is 2.71 bits per heavy atom. The summed E-state index contributed by atoms with van der Waals surface area (Å²) >= 11 is 5.11. The average molecular weight is 467 g/mol. The van der Waals surface area contributed by atoms with Crippen molar-refractivity contribution in [2.75, 3.05) is 6.26 Å². The molecule has 10 nitrogen and oxygen atoms in total. The Morgan fingerprint density at radius 1 is 1.23 bits per heavy atom. The van der Waals surface area contributed by atoms with Gasteiger partial charge in [-0.05, 0) is 42.0 Å². The molecule has 1 amide bonds. The first-order chi connectivity index (χ1) is 14.3. The molecule has 0 atom stereocenters. The minimum atomic E-state index is -3.63. The number of sulfone groups is 1. The number of alkyl carbamates (subject to hydrolysis) is 1. The van der Waals surface area contributed by atoms with Crippen LogP contribution in [0.3, 0.4) is 0 Å². The second-order valence-electron chi connectivity index (χ2n) is 6.18. The molecule has 1 aromatic heterocycles. The highest BCUT2D eigenvalue weighted by molar-refractivity contribution is 7.90. The van der Waals surface area contributed by atoms with E-state index in [2.05, 4.69) is 14.8 Å². The van der Waals surface area contributed by atoms with E-state index in [0.29, 0.717) is 11.3 Å². The third kappa shape index (κ3) is 6.28. The number of carbonyl (C=O) groups excluding carboxylic acids is 1. The average Bonchev–Trinajstić information content (AvgIpc) is 2.72. The molecule has 0 spiro atoms. The molecule has 0 saturated heterocycles. The number of pyridine rings is 1. The zero-order valence-corrected chi connectivity index (χ0v) is 17.8. The number of ether oxygens (including phenoxy) is 2. The summed E-state index contributed by atoms with van der Waals surface area (Å²) in [5.41, 5.74) is 6.48. The van der Waals surface area contributed by atoms with E-state index in [1.165, 1.54) is 12.1 Å². The molecule has 5 N–H and O–H groups in total. The maximum Gasteiger partial charge on any atom is 0.414 e. The highest BCUT2D eigenvalue weighted by Crippen LogP contribution is 2.31. The van der Waals surface area contributed by atoms with Crippen molar-refractivity contribution in [3.63, 3.8) is 0 Å². The van der Waals surface area contributed by atoms with Gasteiger partial charge in [0.05, 0.1) is 5.52 Å². The maximum absolute atomic E-state index is 12.3. The van der Waals surface area contributed by atoms with Crippen molar-refractivity contribution in [2.45, 2.75) is 11.5 Å². The number of carbonyl (C=O) groups is 1. The largest absolute Gasteiger partial charge is 0.456 e. The van der Waals surface area contributed by atoms with Crippen LogP contribution in [0.25, 0.3) is 10.9 Å². The van der Waals surface area contributed by atoms with Crippen LogP contribution in [-0.4, -0.2) is 37.2 Å². The van der Waals surface area contributed by atoms with Gasteiger partial charge in [-0.25, -0.2) is 13.2 Å². The van der Waals surface area contributed by atoms with Gasteiger partial charge in [-0.15, -0.1) is 4.51 Å². The van der Waals surface area contributed by atoms with Crippen LogP contribution in [0.1, 0.15) is 5.56 Å². The summed E-state index contributed by atoms with van der Waals surface area (Å²) in [5, 5.41) is 2.94. The lowest BCUT2D eigenvalue weighted by Crippen LogP contribution is -2.36. The SMILES string of the molecule is CS(=O)(=O)c1cc(COC(=O)NC(N)=NCl)ccc1Oc1ccc2ncccc2c1.O. The molecule has 3 rings (SSSR count). The molecule has 2 aromatic carbocycles. The molecular formula is C19H19ClN4O6S. The van der Waals surface area contributed by atoms with Crippen LogP contribution in [0.5, 0.6) is 11.5 Å². The van der Waals surface area contributed by atoms with Gasteiger partial charge in [0.15, 0.2) is 9.84 Å². The van der Waals surface area contributed by atoms with Crippen molar-refractivity contribution in [2.24, 2.45) is 10.2 Å². The molecule has 12 heteroatoms. The number of nitrogens with zero attached hydrogens (tertiary/aromatic N) is 2. The summed E-state index contributed by atoms with van der Waals surface area (Å²) < 4.78 is 38.4. The number of hydrogen-bond donors (Lipinski definition) is 2. The monoisotopic (exact) mass is 466 g/mol. The lowest BCUT2D eigenvalue weighted by atomic mass is 10.2. The van der Waals surface area contributed by atoms with Crippen LogP contribution in [0.2, 0.25) is 0 Å². The number of guanidine groups is 1. The Kier molecular flexibility index (Phi) is 7.75. The second-order valence-corrected chi connectivity index (χ2v) is 8.34. The van der Waals surface area contributed by atoms with Crippen molar-refractivity contribution in [1.82, 2.24) is 10.3 Å². The first-order valence-electron chi connectivity index (χ1n) is 8.50. The van der Waals surface area contributed by atoms with Gasteiger partial charge in [0, 0.05) is 29.6 Å². The van der Waals surface area contributed by atoms with E-state index in [1.807, 2.05) is 6.07 Å². The lowest BCUT2D eigenvalue weighted by molar-refractivity contribution is 0.145. The molecule has 31 heavy (non-hydrogen) atoms. The Morgan fingerprint density at radius 2 is 2.00 bits per heavy atom. The molecule has 0 aliphatic heterocycles. The van der Waals surface area contributed by atoms with Gasteiger partial charge in [0.2, 0.25) is 5.96 Å². The lowest BCUT2D eigenvalue weighted by Gasteiger charge is -2.13. The summed E-state index contributed by atoms with van der Waals surface area (Å²) in [6.07, 6.45) is 1.86. The topological polar surface area (TPSA) is 164 Å². The third-order valence-electron chi connectivity index (χ3n) is 3.90. The van der Waals surface area contributed by atoms with E-state index in [0.717, 1.165) is 17.2 Å². The van der Waals surface area contributed by atoms with E-state index in [-0.39, 0.29) is 28.7 Å². The molecule has 0 aliphatic rings. The first kappa shape index (κ1) is 23.9. The number of rotatable bonds is 5. The van der Waals surface area contributed by atoms with Gasteiger partial charge in [0.1, 0.15) is 23.0 Å². The fourth-order valence-electron chi connectivity index (χ4n) is 2.57. The van der Waals surface area contributed by atoms with Crippen molar-refractivity contribution < 1.29 is 28.2 Å². The van der Waals surface area contributed by atoms with E-state index in [4.69, 9.17) is 27.0 Å². The highest BCUT2D eigenvalue weighted by atomic mass is 35.5. The molecule has 164 valence electrons. The number of hydrogen-bond acceptors (Lipinski definition) is 7. The molecule has 0 radical (unpaired) electrons. The Balaban J connectivity index is 0.00000341. The highest BCUT2D eigenvalue weighted by Gasteiger charge is 2.17. The van der Waals surface area contributed by atoms with Gasteiger partial charge >= 0.3 is 6.09 Å². The van der Waals surface area contributed by atoms with E-state index in [9.17, 15) is 13.2 Å². The van der Waals surface area contributed by atoms with Crippen molar-refractivity contribution in [1.29, 1.82) is 0 Å². The predicted octanol–water partition coefficient (Wildman–Crippen LogP) is 2.30. The van der Waals surface area contributed by atoms with Gasteiger partial charge in [-0.1, -0.05) is 12.1 Å². The van der Waals surface area contributed by atoms with Crippen LogP contribution in [-0.2, 0) is 21.2 Å². The normalized spacial score (nSPS) is 11.5. The van der Waals surface area contributed by atoms with Crippen LogP contribution in [0.15, 0.2) is 64.1 Å². The summed E-state index contributed by atoms with van der Waals surface area (Å²) in [7, 11) is -3.63. The Labute approximate surface area is 183 Å².